The van der Waals surface area contributed by atoms with E-state index in [1.165, 1.54) is 0 Å². The number of carbonyl (C=O) groups is 1. The van der Waals surface area contributed by atoms with Gasteiger partial charge in [0.15, 0.2) is 0 Å². The molecule has 1 aromatic heterocycles. The van der Waals surface area contributed by atoms with Crippen LogP contribution in [0.2, 0.25) is 0 Å². The number of nitrogens with zero attached hydrogens (tertiary/aromatic N) is 3. The Bertz CT molecular complexity index is 667. The third-order valence-corrected chi connectivity index (χ3v) is 3.52. The minimum Gasteiger partial charge on any atom is -0.378 e. The molecular weight excluding hydrogens is 302 g/mol. The molecule has 6 nitrogen and oxygen atoms in total. The number of pyridine rings is 1. The first-order chi connectivity index (χ1) is 11.5. The van der Waals surface area contributed by atoms with Gasteiger partial charge in [0, 0.05) is 50.3 Å². The summed E-state index contributed by atoms with van der Waals surface area (Å²) >= 11 is 0. The van der Waals surface area contributed by atoms with E-state index in [4.69, 9.17) is 0 Å². The predicted molar refractivity (Wildman–Crippen MR) is 99.2 cm³/mol. The molecule has 24 heavy (non-hydrogen) atoms. The molecule has 2 rings (SSSR count). The predicted octanol–water partition coefficient (Wildman–Crippen LogP) is 2.18. The number of amides is 1. The number of hydrogen-bond acceptors (Lipinski definition) is 5. The Balaban J connectivity index is 2.00. The van der Waals surface area contributed by atoms with Crippen LogP contribution in [0.5, 0.6) is 0 Å². The number of nitrogens with one attached hydrogen (secondary N) is 2. The van der Waals surface area contributed by atoms with Crippen LogP contribution < -0.4 is 15.5 Å². The highest BCUT2D eigenvalue weighted by atomic mass is 16.1. The summed E-state index contributed by atoms with van der Waals surface area (Å²) in [5, 5.41) is 6.12. The molecule has 0 aliphatic rings. The van der Waals surface area contributed by atoms with E-state index in [1.807, 2.05) is 62.3 Å². The van der Waals surface area contributed by atoms with Gasteiger partial charge in [-0.25, -0.2) is 4.98 Å². The lowest BCUT2D eigenvalue weighted by atomic mass is 10.2. The fraction of sp³-hybridized carbons (Fsp3) is 0.333. The fourth-order valence-electron chi connectivity index (χ4n) is 2.13. The zero-order valence-corrected chi connectivity index (χ0v) is 14.7. The van der Waals surface area contributed by atoms with Gasteiger partial charge in [0.1, 0.15) is 5.82 Å². The first-order valence-corrected chi connectivity index (χ1v) is 7.89. The average Bonchev–Trinajstić information content (AvgIpc) is 2.55. The molecule has 0 aliphatic heterocycles. The van der Waals surface area contributed by atoms with Crippen molar-refractivity contribution in [2.24, 2.45) is 0 Å². The van der Waals surface area contributed by atoms with E-state index in [0.717, 1.165) is 17.9 Å². The van der Waals surface area contributed by atoms with Crippen LogP contribution in [0.25, 0.3) is 0 Å². The number of rotatable bonds is 7. The normalized spacial score (nSPS) is 10.5. The maximum atomic E-state index is 12.2. The maximum Gasteiger partial charge on any atom is 0.251 e. The van der Waals surface area contributed by atoms with Crippen LogP contribution in [-0.2, 0) is 0 Å². The van der Waals surface area contributed by atoms with Crippen molar-refractivity contribution in [2.75, 3.05) is 51.5 Å². The van der Waals surface area contributed by atoms with Gasteiger partial charge in [0.05, 0.1) is 0 Å². The number of anilines is 3. The molecule has 1 amide bonds. The van der Waals surface area contributed by atoms with Crippen molar-refractivity contribution in [3.05, 3.63) is 48.2 Å². The third-order valence-electron chi connectivity index (χ3n) is 3.52. The van der Waals surface area contributed by atoms with Gasteiger partial charge in [-0.05, 0) is 50.5 Å². The lowest BCUT2D eigenvalue weighted by Gasteiger charge is -2.13. The quantitative estimate of drug-likeness (QED) is 0.816. The third kappa shape index (κ3) is 5.24. The van der Waals surface area contributed by atoms with E-state index in [1.54, 1.807) is 18.3 Å². The van der Waals surface area contributed by atoms with Crippen molar-refractivity contribution in [1.29, 1.82) is 0 Å². The van der Waals surface area contributed by atoms with E-state index in [-0.39, 0.29) is 5.91 Å². The van der Waals surface area contributed by atoms with E-state index >= 15 is 0 Å². The molecule has 0 unspecified atom stereocenters. The van der Waals surface area contributed by atoms with Crippen molar-refractivity contribution < 1.29 is 4.79 Å². The van der Waals surface area contributed by atoms with E-state index in [9.17, 15) is 4.79 Å². The van der Waals surface area contributed by atoms with Gasteiger partial charge in [-0.1, -0.05) is 0 Å². The Morgan fingerprint density at radius 2 is 1.79 bits per heavy atom. The number of benzene rings is 1. The molecule has 1 aromatic carbocycles. The highest BCUT2D eigenvalue weighted by Crippen LogP contribution is 2.19. The lowest BCUT2D eigenvalue weighted by molar-refractivity contribution is 0.0951. The highest BCUT2D eigenvalue weighted by Gasteiger charge is 2.07. The van der Waals surface area contributed by atoms with E-state index < -0.39 is 0 Å². The summed E-state index contributed by atoms with van der Waals surface area (Å²) in [6.07, 6.45) is 1.64. The largest absolute Gasteiger partial charge is 0.378 e. The molecule has 0 spiro atoms. The van der Waals surface area contributed by atoms with Gasteiger partial charge in [-0.15, -0.1) is 0 Å². The summed E-state index contributed by atoms with van der Waals surface area (Å²) < 4.78 is 0. The second-order valence-electron chi connectivity index (χ2n) is 6.06. The highest BCUT2D eigenvalue weighted by molar-refractivity contribution is 5.94. The van der Waals surface area contributed by atoms with Gasteiger partial charge in [0.25, 0.3) is 5.91 Å². The summed E-state index contributed by atoms with van der Waals surface area (Å²) in [5.74, 6) is 0.554. The van der Waals surface area contributed by atoms with Crippen molar-refractivity contribution in [3.8, 4) is 0 Å². The fourth-order valence-corrected chi connectivity index (χ4v) is 2.13. The number of hydrogen-bond donors (Lipinski definition) is 2. The molecule has 0 radical (unpaired) electrons. The monoisotopic (exact) mass is 327 g/mol. The number of aromatic nitrogens is 1. The molecule has 0 fully saturated rings. The second-order valence-corrected chi connectivity index (χ2v) is 6.06. The summed E-state index contributed by atoms with van der Waals surface area (Å²) in [7, 11) is 7.95. The van der Waals surface area contributed by atoms with Gasteiger partial charge in [-0.2, -0.15) is 0 Å². The molecule has 0 bridgehead atoms. The average molecular weight is 327 g/mol. The molecule has 2 aromatic rings. The Hall–Kier alpha value is -2.60. The molecule has 0 saturated heterocycles. The Kier molecular flexibility index (Phi) is 6.14. The van der Waals surface area contributed by atoms with Crippen LogP contribution >= 0.6 is 0 Å². The molecule has 0 aliphatic carbocycles. The minimum atomic E-state index is -0.0924. The smallest absolute Gasteiger partial charge is 0.251 e. The topological polar surface area (TPSA) is 60.5 Å². The van der Waals surface area contributed by atoms with Crippen LogP contribution in [0, 0.1) is 0 Å². The van der Waals surface area contributed by atoms with E-state index in [2.05, 4.69) is 15.6 Å². The molecule has 2 N–H and O–H groups in total. The number of likely N-dealkylation sites (N-methyl/N-ethyl adjacent to an activating group) is 1. The van der Waals surface area contributed by atoms with Crippen LogP contribution in [-0.4, -0.2) is 57.1 Å². The first-order valence-electron chi connectivity index (χ1n) is 7.89. The van der Waals surface area contributed by atoms with Gasteiger partial charge in [0.2, 0.25) is 0 Å². The van der Waals surface area contributed by atoms with Crippen LogP contribution in [0.15, 0.2) is 42.6 Å². The van der Waals surface area contributed by atoms with Crippen molar-refractivity contribution in [3.63, 3.8) is 0 Å². The minimum absolute atomic E-state index is 0.0924. The van der Waals surface area contributed by atoms with Gasteiger partial charge >= 0.3 is 0 Å². The van der Waals surface area contributed by atoms with Crippen LogP contribution in [0.4, 0.5) is 17.2 Å². The van der Waals surface area contributed by atoms with Crippen molar-refractivity contribution in [1.82, 2.24) is 15.2 Å². The zero-order chi connectivity index (χ0) is 17.5. The SMILES string of the molecule is CN(C)CCNC(=O)c1ccnc(Nc2ccc(N(C)C)cc2)c1. The molecule has 128 valence electrons. The first kappa shape index (κ1) is 17.7. The summed E-state index contributed by atoms with van der Waals surface area (Å²) in [4.78, 5) is 20.5. The number of carbonyl (C=O) groups excluding carboxylic acids is 1. The zero-order valence-electron chi connectivity index (χ0n) is 14.7. The molecule has 0 saturated carbocycles. The summed E-state index contributed by atoms with van der Waals surface area (Å²) in [6, 6.07) is 11.5. The van der Waals surface area contributed by atoms with Crippen LogP contribution in [0.1, 0.15) is 10.4 Å². The molecule has 6 heteroatoms. The Morgan fingerprint density at radius 3 is 2.42 bits per heavy atom. The van der Waals surface area contributed by atoms with Gasteiger partial charge < -0.3 is 20.4 Å². The van der Waals surface area contributed by atoms with E-state index in [0.29, 0.717) is 17.9 Å². The molecular formula is C18H25N5O. The molecule has 0 atom stereocenters. The Labute approximate surface area is 143 Å². The van der Waals surface area contributed by atoms with Gasteiger partial charge in [-0.3, -0.25) is 4.79 Å². The van der Waals surface area contributed by atoms with Crippen molar-refractivity contribution in [2.45, 2.75) is 0 Å². The summed E-state index contributed by atoms with van der Waals surface area (Å²) in [5.41, 5.74) is 2.65. The van der Waals surface area contributed by atoms with Crippen LogP contribution in [0.3, 0.4) is 0 Å². The lowest BCUT2D eigenvalue weighted by Crippen LogP contribution is -2.31. The van der Waals surface area contributed by atoms with Crippen molar-refractivity contribution >= 4 is 23.1 Å². The molecule has 1 heterocycles. The second kappa shape index (κ2) is 8.31. The summed E-state index contributed by atoms with van der Waals surface area (Å²) in [6.45, 7) is 1.42. The maximum absolute atomic E-state index is 12.2. The Morgan fingerprint density at radius 1 is 1.08 bits per heavy atom. The standard InChI is InChI=1S/C18H25N5O/c1-22(2)12-11-20-18(24)14-9-10-19-17(13-14)21-15-5-7-16(8-6-15)23(3)4/h5-10,13H,11-12H2,1-4H3,(H,19,21)(H,20,24).